The summed E-state index contributed by atoms with van der Waals surface area (Å²) in [6, 6.07) is 7.13. The van der Waals surface area contributed by atoms with Gasteiger partial charge in [-0.3, -0.25) is 14.5 Å². The van der Waals surface area contributed by atoms with Gasteiger partial charge in [0.05, 0.1) is 6.54 Å². The van der Waals surface area contributed by atoms with E-state index in [1.165, 1.54) is 6.07 Å². The number of hydrogen-bond donors (Lipinski definition) is 1. The normalized spacial score (nSPS) is 26.4. The number of amides is 2. The first-order valence-electron chi connectivity index (χ1n) is 9.17. The summed E-state index contributed by atoms with van der Waals surface area (Å²) < 4.78 is 13.9. The van der Waals surface area contributed by atoms with Crippen molar-refractivity contribution in [2.75, 3.05) is 32.7 Å². The van der Waals surface area contributed by atoms with Crippen LogP contribution in [0.25, 0.3) is 0 Å². The SMILES string of the molecule is O=C(CN1CCN(C(=O)C2CC2c2ccccc2F)CC1)NC1CC1. The van der Waals surface area contributed by atoms with Crippen LogP contribution in [0.2, 0.25) is 0 Å². The molecule has 2 aliphatic carbocycles. The third kappa shape index (κ3) is 3.84. The van der Waals surface area contributed by atoms with Gasteiger partial charge < -0.3 is 10.2 Å². The van der Waals surface area contributed by atoms with Crippen LogP contribution >= 0.6 is 0 Å². The Morgan fingerprint density at radius 3 is 2.52 bits per heavy atom. The average molecular weight is 345 g/mol. The van der Waals surface area contributed by atoms with E-state index in [4.69, 9.17) is 0 Å². The van der Waals surface area contributed by atoms with Gasteiger partial charge in [0, 0.05) is 38.1 Å². The van der Waals surface area contributed by atoms with Gasteiger partial charge in [-0.2, -0.15) is 0 Å². The lowest BCUT2D eigenvalue weighted by atomic mass is 10.1. The summed E-state index contributed by atoms with van der Waals surface area (Å²) in [7, 11) is 0. The van der Waals surface area contributed by atoms with Gasteiger partial charge in [-0.25, -0.2) is 4.39 Å². The van der Waals surface area contributed by atoms with E-state index in [1.807, 2.05) is 11.0 Å². The van der Waals surface area contributed by atoms with E-state index >= 15 is 0 Å². The maximum atomic E-state index is 13.9. The molecule has 2 unspecified atom stereocenters. The summed E-state index contributed by atoms with van der Waals surface area (Å²) in [4.78, 5) is 28.5. The van der Waals surface area contributed by atoms with Gasteiger partial charge >= 0.3 is 0 Å². The van der Waals surface area contributed by atoms with Crippen LogP contribution in [0, 0.1) is 11.7 Å². The molecule has 0 spiro atoms. The van der Waals surface area contributed by atoms with E-state index in [1.54, 1.807) is 12.1 Å². The lowest BCUT2D eigenvalue weighted by Crippen LogP contribution is -2.51. The Bertz CT molecular complexity index is 668. The van der Waals surface area contributed by atoms with Crippen LogP contribution in [0.5, 0.6) is 0 Å². The minimum Gasteiger partial charge on any atom is -0.352 e. The molecular formula is C19H24FN3O2. The van der Waals surface area contributed by atoms with E-state index in [0.29, 0.717) is 31.2 Å². The zero-order valence-corrected chi connectivity index (χ0v) is 14.3. The minimum absolute atomic E-state index is 0.0241. The van der Waals surface area contributed by atoms with Crippen molar-refractivity contribution < 1.29 is 14.0 Å². The van der Waals surface area contributed by atoms with E-state index in [2.05, 4.69) is 10.2 Å². The Labute approximate surface area is 147 Å². The molecule has 2 atom stereocenters. The number of rotatable bonds is 5. The molecule has 1 aromatic rings. The second kappa shape index (κ2) is 6.75. The molecule has 0 radical (unpaired) electrons. The van der Waals surface area contributed by atoms with Gasteiger partial charge in [-0.15, -0.1) is 0 Å². The molecule has 6 heteroatoms. The van der Waals surface area contributed by atoms with Crippen molar-refractivity contribution in [2.24, 2.45) is 5.92 Å². The number of nitrogens with zero attached hydrogens (tertiary/aromatic N) is 2. The van der Waals surface area contributed by atoms with Crippen LogP contribution in [0.15, 0.2) is 24.3 Å². The number of carbonyl (C=O) groups excluding carboxylic acids is 2. The molecule has 1 saturated heterocycles. The van der Waals surface area contributed by atoms with Crippen molar-refractivity contribution in [3.8, 4) is 0 Å². The Morgan fingerprint density at radius 1 is 1.12 bits per heavy atom. The van der Waals surface area contributed by atoms with Gasteiger partial charge in [0.15, 0.2) is 0 Å². The Hall–Kier alpha value is -1.95. The van der Waals surface area contributed by atoms with Gasteiger partial charge in [-0.05, 0) is 36.8 Å². The Balaban J connectivity index is 1.25. The quantitative estimate of drug-likeness (QED) is 0.877. The molecule has 25 heavy (non-hydrogen) atoms. The van der Waals surface area contributed by atoms with Crippen LogP contribution in [0.3, 0.4) is 0 Å². The number of hydrogen-bond acceptors (Lipinski definition) is 3. The molecule has 134 valence electrons. The van der Waals surface area contributed by atoms with Crippen molar-refractivity contribution in [1.82, 2.24) is 15.1 Å². The molecule has 1 aliphatic heterocycles. The molecule has 1 aromatic carbocycles. The van der Waals surface area contributed by atoms with Crippen molar-refractivity contribution >= 4 is 11.8 Å². The lowest BCUT2D eigenvalue weighted by molar-refractivity contribution is -0.134. The first kappa shape index (κ1) is 16.5. The summed E-state index contributed by atoms with van der Waals surface area (Å²) in [6.45, 7) is 3.16. The topological polar surface area (TPSA) is 52.7 Å². The van der Waals surface area contributed by atoms with Crippen LogP contribution < -0.4 is 5.32 Å². The zero-order chi connectivity index (χ0) is 17.4. The highest BCUT2D eigenvalue weighted by molar-refractivity contribution is 5.83. The van der Waals surface area contributed by atoms with Crippen molar-refractivity contribution in [1.29, 1.82) is 0 Å². The highest BCUT2D eigenvalue weighted by Gasteiger charge is 2.47. The Morgan fingerprint density at radius 2 is 1.84 bits per heavy atom. The summed E-state index contributed by atoms with van der Waals surface area (Å²) in [5.41, 5.74) is 0.663. The molecule has 0 bridgehead atoms. The molecule has 3 aliphatic rings. The number of halogens is 1. The van der Waals surface area contributed by atoms with E-state index in [-0.39, 0.29) is 29.5 Å². The predicted octanol–water partition coefficient (Wildman–Crippen LogP) is 1.35. The number of benzene rings is 1. The van der Waals surface area contributed by atoms with Crippen LogP contribution in [0.4, 0.5) is 4.39 Å². The van der Waals surface area contributed by atoms with E-state index < -0.39 is 0 Å². The maximum absolute atomic E-state index is 13.9. The van der Waals surface area contributed by atoms with Crippen LogP contribution in [-0.2, 0) is 9.59 Å². The van der Waals surface area contributed by atoms with Crippen LogP contribution in [-0.4, -0.2) is 60.4 Å². The molecule has 2 saturated carbocycles. The third-order valence-corrected chi connectivity index (χ3v) is 5.41. The minimum atomic E-state index is -0.214. The van der Waals surface area contributed by atoms with Gasteiger partial charge in [-0.1, -0.05) is 18.2 Å². The van der Waals surface area contributed by atoms with Gasteiger partial charge in [0.25, 0.3) is 0 Å². The van der Waals surface area contributed by atoms with Crippen LogP contribution in [0.1, 0.15) is 30.7 Å². The predicted molar refractivity (Wildman–Crippen MR) is 91.4 cm³/mol. The van der Waals surface area contributed by atoms with Crippen molar-refractivity contribution in [3.05, 3.63) is 35.6 Å². The van der Waals surface area contributed by atoms with E-state index in [0.717, 1.165) is 32.4 Å². The first-order chi connectivity index (χ1) is 12.1. The second-order valence-corrected chi connectivity index (χ2v) is 7.41. The van der Waals surface area contributed by atoms with Crippen molar-refractivity contribution in [3.63, 3.8) is 0 Å². The maximum Gasteiger partial charge on any atom is 0.234 e. The second-order valence-electron chi connectivity index (χ2n) is 7.41. The number of nitrogens with one attached hydrogen (secondary N) is 1. The molecule has 5 nitrogen and oxygen atoms in total. The van der Waals surface area contributed by atoms with E-state index in [9.17, 15) is 14.0 Å². The molecule has 4 rings (SSSR count). The fourth-order valence-electron chi connectivity index (χ4n) is 3.65. The highest BCUT2D eigenvalue weighted by atomic mass is 19.1. The average Bonchev–Trinajstić information content (AvgIpc) is 3.50. The van der Waals surface area contributed by atoms with Gasteiger partial charge in [0.2, 0.25) is 11.8 Å². The zero-order valence-electron chi connectivity index (χ0n) is 14.3. The molecule has 2 amide bonds. The largest absolute Gasteiger partial charge is 0.352 e. The summed E-state index contributed by atoms with van der Waals surface area (Å²) in [5.74, 6) is -0.0496. The molecule has 0 aromatic heterocycles. The fraction of sp³-hybridized carbons (Fsp3) is 0.579. The molecule has 1 N–H and O–H groups in total. The summed E-state index contributed by atoms with van der Waals surface area (Å²) in [6.07, 6.45) is 2.93. The molecular weight excluding hydrogens is 321 g/mol. The summed E-state index contributed by atoms with van der Waals surface area (Å²) in [5, 5.41) is 3.00. The Kier molecular flexibility index (Phi) is 4.46. The number of piperazine rings is 1. The smallest absolute Gasteiger partial charge is 0.234 e. The first-order valence-corrected chi connectivity index (χ1v) is 9.17. The van der Waals surface area contributed by atoms with Gasteiger partial charge in [0.1, 0.15) is 5.82 Å². The fourth-order valence-corrected chi connectivity index (χ4v) is 3.65. The highest BCUT2D eigenvalue weighted by Crippen LogP contribution is 2.49. The van der Waals surface area contributed by atoms with Crippen molar-refractivity contribution in [2.45, 2.75) is 31.2 Å². The number of carbonyl (C=O) groups is 2. The third-order valence-electron chi connectivity index (χ3n) is 5.41. The summed E-state index contributed by atoms with van der Waals surface area (Å²) >= 11 is 0. The molecule has 1 heterocycles. The molecule has 3 fully saturated rings. The lowest BCUT2D eigenvalue weighted by Gasteiger charge is -2.34. The monoisotopic (exact) mass is 345 g/mol. The standard InChI is InChI=1S/C19H24FN3O2/c20-17-4-2-1-3-14(17)15-11-16(15)19(25)23-9-7-22(8-10-23)12-18(24)21-13-5-6-13/h1-4,13,15-16H,5-12H2,(H,21,24).